The molecule has 0 saturated heterocycles. The molecule has 0 radical (unpaired) electrons. The van der Waals surface area contributed by atoms with Crippen molar-refractivity contribution in [3.8, 4) is 5.69 Å². The van der Waals surface area contributed by atoms with Crippen molar-refractivity contribution in [1.82, 2.24) is 9.78 Å². The average Bonchev–Trinajstić information content (AvgIpc) is 3.12. The molecule has 2 heterocycles. The Hall–Kier alpha value is -2.84. The Kier molecular flexibility index (Phi) is 5.24. The summed E-state index contributed by atoms with van der Waals surface area (Å²) in [7, 11) is 2.49. The molecule has 0 bridgehead atoms. The smallest absolute Gasteiger partial charge is 0.355 e. The van der Waals surface area contributed by atoms with E-state index in [2.05, 4.69) is 5.10 Å². The van der Waals surface area contributed by atoms with Crippen molar-refractivity contribution in [1.29, 1.82) is 0 Å². The predicted octanol–water partition coefficient (Wildman–Crippen LogP) is 1.92. The molecular formula is C17H16ClN3O5. The molecule has 3 rings (SSSR count). The quantitative estimate of drug-likeness (QED) is 0.753. The molecule has 1 aliphatic heterocycles. The first-order valence-corrected chi connectivity index (χ1v) is 7.99. The molecule has 1 aromatic heterocycles. The Balaban J connectivity index is 2.16. The number of hydrogen-bond acceptors (Lipinski definition) is 7. The molecule has 0 N–H and O–H groups in total. The van der Waals surface area contributed by atoms with Crippen LogP contribution in [-0.4, -0.2) is 49.3 Å². The molecule has 1 aromatic carbocycles. The van der Waals surface area contributed by atoms with E-state index in [1.54, 1.807) is 34.0 Å². The Morgan fingerprint density at radius 3 is 2.46 bits per heavy atom. The lowest BCUT2D eigenvalue weighted by Gasteiger charge is -2.32. The number of hydrogen-bond donors (Lipinski definition) is 0. The largest absolute Gasteiger partial charge is 0.466 e. The van der Waals surface area contributed by atoms with Gasteiger partial charge in [-0.25, -0.2) is 14.3 Å². The third-order valence-corrected chi connectivity index (χ3v) is 4.00. The van der Waals surface area contributed by atoms with Crippen molar-refractivity contribution in [3.63, 3.8) is 0 Å². The van der Waals surface area contributed by atoms with E-state index in [-0.39, 0.29) is 24.6 Å². The zero-order chi connectivity index (χ0) is 18.7. The fourth-order valence-corrected chi connectivity index (χ4v) is 2.79. The fourth-order valence-electron chi connectivity index (χ4n) is 2.65. The number of para-hydroxylation sites is 2. The molecule has 0 saturated carbocycles. The van der Waals surface area contributed by atoms with Gasteiger partial charge in [0.1, 0.15) is 12.4 Å². The molecule has 1 aliphatic rings. The number of rotatable bonds is 4. The van der Waals surface area contributed by atoms with E-state index in [0.717, 1.165) is 0 Å². The van der Waals surface area contributed by atoms with E-state index in [1.807, 2.05) is 6.07 Å². The lowest BCUT2D eigenvalue weighted by molar-refractivity contribution is -0.140. The molecule has 26 heavy (non-hydrogen) atoms. The van der Waals surface area contributed by atoms with Gasteiger partial charge in [0.25, 0.3) is 0 Å². The summed E-state index contributed by atoms with van der Waals surface area (Å²) in [6, 6.07) is 7.20. The van der Waals surface area contributed by atoms with Crippen LogP contribution in [-0.2, 0) is 23.8 Å². The van der Waals surface area contributed by atoms with Crippen molar-refractivity contribution in [2.24, 2.45) is 0 Å². The summed E-state index contributed by atoms with van der Waals surface area (Å²) in [5, 5.41) is 4.66. The van der Waals surface area contributed by atoms with Crippen LogP contribution in [0.2, 0.25) is 5.02 Å². The van der Waals surface area contributed by atoms with Gasteiger partial charge in [-0.2, -0.15) is 5.10 Å². The van der Waals surface area contributed by atoms with Gasteiger partial charge in [0.15, 0.2) is 0 Å². The molecule has 0 atom stereocenters. The van der Waals surface area contributed by atoms with Crippen LogP contribution in [0.3, 0.4) is 0 Å². The van der Waals surface area contributed by atoms with Gasteiger partial charge in [0.05, 0.1) is 49.0 Å². The van der Waals surface area contributed by atoms with E-state index in [1.165, 1.54) is 20.4 Å². The fraction of sp³-hybridized carbons (Fsp3) is 0.235. The van der Waals surface area contributed by atoms with Crippen LogP contribution in [0.4, 0.5) is 5.69 Å². The van der Waals surface area contributed by atoms with Crippen LogP contribution in [0.5, 0.6) is 0 Å². The van der Waals surface area contributed by atoms with Gasteiger partial charge in [-0.1, -0.05) is 23.7 Å². The zero-order valence-electron chi connectivity index (χ0n) is 14.1. The van der Waals surface area contributed by atoms with Crippen LogP contribution in [0.1, 0.15) is 0 Å². The Morgan fingerprint density at radius 1 is 1.15 bits per heavy atom. The number of carbonyl (C=O) groups is 2. The second-order valence-corrected chi connectivity index (χ2v) is 5.74. The maximum Gasteiger partial charge on any atom is 0.355 e. The van der Waals surface area contributed by atoms with Gasteiger partial charge < -0.3 is 19.1 Å². The van der Waals surface area contributed by atoms with Crippen LogP contribution < -0.4 is 4.90 Å². The van der Waals surface area contributed by atoms with Gasteiger partial charge >= 0.3 is 11.9 Å². The van der Waals surface area contributed by atoms with E-state index in [0.29, 0.717) is 16.4 Å². The minimum Gasteiger partial charge on any atom is -0.466 e. The van der Waals surface area contributed by atoms with Crippen molar-refractivity contribution >= 4 is 29.2 Å². The Labute approximate surface area is 154 Å². The molecule has 0 aliphatic carbocycles. The topological polar surface area (TPSA) is 82.9 Å². The average molecular weight is 378 g/mol. The molecule has 0 amide bonds. The van der Waals surface area contributed by atoms with Crippen LogP contribution in [0.25, 0.3) is 5.69 Å². The van der Waals surface area contributed by atoms with E-state index < -0.39 is 11.9 Å². The normalized spacial score (nSPS) is 14.3. The summed E-state index contributed by atoms with van der Waals surface area (Å²) < 4.78 is 16.7. The molecule has 2 aromatic rings. The van der Waals surface area contributed by atoms with Crippen molar-refractivity contribution in [2.75, 3.05) is 32.5 Å². The number of anilines is 1. The highest BCUT2D eigenvalue weighted by atomic mass is 35.5. The number of methoxy groups -OCH3 is 2. The predicted molar refractivity (Wildman–Crippen MR) is 92.9 cm³/mol. The monoisotopic (exact) mass is 377 g/mol. The van der Waals surface area contributed by atoms with E-state index in [9.17, 15) is 9.59 Å². The minimum atomic E-state index is -0.665. The Morgan fingerprint density at radius 2 is 1.85 bits per heavy atom. The van der Waals surface area contributed by atoms with Gasteiger partial charge in [-0.05, 0) is 12.1 Å². The lowest BCUT2D eigenvalue weighted by atomic mass is 10.1. The highest BCUT2D eigenvalue weighted by Crippen LogP contribution is 2.31. The number of esters is 2. The van der Waals surface area contributed by atoms with E-state index in [4.69, 9.17) is 25.8 Å². The molecule has 136 valence electrons. The lowest BCUT2D eigenvalue weighted by Crippen LogP contribution is -2.39. The van der Waals surface area contributed by atoms with E-state index >= 15 is 0 Å². The SMILES string of the molecule is COC(=O)C1=C(C(=O)OC)N(c2ccccc2-n2cc(Cl)cn2)COC1. The van der Waals surface area contributed by atoms with Crippen molar-refractivity contribution in [3.05, 3.63) is 53.0 Å². The standard InChI is InChI=1S/C17H16ClN3O5/c1-24-16(22)12-9-26-10-20(15(12)17(23)25-2)13-5-3-4-6-14(13)21-8-11(18)7-19-21/h3-8H,9-10H2,1-2H3. The summed E-state index contributed by atoms with van der Waals surface area (Å²) in [5.74, 6) is -1.32. The highest BCUT2D eigenvalue weighted by molar-refractivity contribution is 6.30. The first kappa shape index (κ1) is 18.0. The summed E-state index contributed by atoms with van der Waals surface area (Å²) in [6.45, 7) is 0.000311. The second-order valence-electron chi connectivity index (χ2n) is 5.31. The third kappa shape index (κ3) is 3.29. The molecule has 0 unspecified atom stereocenters. The zero-order valence-corrected chi connectivity index (χ0v) is 14.9. The summed E-state index contributed by atoms with van der Waals surface area (Å²) >= 11 is 5.97. The van der Waals surface area contributed by atoms with Gasteiger partial charge in [-0.3, -0.25) is 0 Å². The number of aromatic nitrogens is 2. The number of nitrogens with zero attached hydrogens (tertiary/aromatic N) is 3. The van der Waals surface area contributed by atoms with Crippen LogP contribution in [0.15, 0.2) is 47.9 Å². The molecule has 9 heteroatoms. The van der Waals surface area contributed by atoms with Crippen LogP contribution in [0, 0.1) is 0 Å². The highest BCUT2D eigenvalue weighted by Gasteiger charge is 2.33. The molecule has 0 fully saturated rings. The minimum absolute atomic E-state index is 0.0522. The third-order valence-electron chi connectivity index (χ3n) is 3.80. The van der Waals surface area contributed by atoms with Crippen LogP contribution >= 0.6 is 11.6 Å². The number of halogens is 1. The Bertz CT molecular complexity index is 877. The van der Waals surface area contributed by atoms with Gasteiger partial charge in [-0.15, -0.1) is 0 Å². The molecule has 8 nitrogen and oxygen atoms in total. The maximum absolute atomic E-state index is 12.4. The molecule has 0 spiro atoms. The summed E-state index contributed by atoms with van der Waals surface area (Å²) in [5.41, 5.74) is 1.39. The number of benzene rings is 1. The summed E-state index contributed by atoms with van der Waals surface area (Å²) in [4.78, 5) is 26.1. The van der Waals surface area contributed by atoms with Gasteiger partial charge in [0.2, 0.25) is 0 Å². The van der Waals surface area contributed by atoms with Crippen molar-refractivity contribution < 1.29 is 23.8 Å². The van der Waals surface area contributed by atoms with Crippen molar-refractivity contribution in [2.45, 2.75) is 0 Å². The molecular weight excluding hydrogens is 362 g/mol. The summed E-state index contributed by atoms with van der Waals surface area (Å²) in [6.07, 6.45) is 3.13. The number of carbonyl (C=O) groups excluding carboxylic acids is 2. The first-order valence-electron chi connectivity index (χ1n) is 7.61. The first-order chi connectivity index (χ1) is 12.6. The van der Waals surface area contributed by atoms with Gasteiger partial charge in [0, 0.05) is 6.20 Å². The maximum atomic E-state index is 12.4. The number of ether oxygens (including phenoxy) is 3. The second kappa shape index (κ2) is 7.59.